The van der Waals surface area contributed by atoms with Gasteiger partial charge in [0.15, 0.2) is 0 Å². The molecule has 0 aliphatic heterocycles. The van der Waals surface area contributed by atoms with Crippen LogP contribution in [0.4, 0.5) is 0 Å². The van der Waals surface area contributed by atoms with E-state index in [0.29, 0.717) is 5.92 Å². The van der Waals surface area contributed by atoms with Gasteiger partial charge in [-0.3, -0.25) is 0 Å². The van der Waals surface area contributed by atoms with Crippen LogP contribution in [0.25, 0.3) is 5.52 Å². The van der Waals surface area contributed by atoms with Crippen LogP contribution in [0.15, 0.2) is 30.9 Å². The molecule has 0 aliphatic rings. The molecule has 0 atom stereocenters. The van der Waals surface area contributed by atoms with E-state index in [1.807, 2.05) is 12.5 Å². The van der Waals surface area contributed by atoms with Gasteiger partial charge in [0.1, 0.15) is 0 Å². The lowest BCUT2D eigenvalue weighted by atomic mass is 10.1. The number of hydrogen-bond acceptors (Lipinski definition) is 1. The van der Waals surface area contributed by atoms with Crippen LogP contribution < -0.4 is 0 Å². The van der Waals surface area contributed by atoms with Gasteiger partial charge in [-0.25, -0.2) is 4.98 Å². The minimum atomic E-state index is 0.581. The number of aromatic nitrogens is 2. The molecule has 2 nitrogen and oxygen atoms in total. The summed E-state index contributed by atoms with van der Waals surface area (Å²) in [7, 11) is 0. The number of rotatable bonds is 1. The van der Waals surface area contributed by atoms with Crippen molar-refractivity contribution in [2.75, 3.05) is 0 Å². The summed E-state index contributed by atoms with van der Waals surface area (Å²) in [6, 6.07) is 4.21. The van der Waals surface area contributed by atoms with Crippen LogP contribution in [-0.2, 0) is 0 Å². The summed E-state index contributed by atoms with van der Waals surface area (Å²) >= 11 is 0. The van der Waals surface area contributed by atoms with Crippen molar-refractivity contribution in [3.8, 4) is 0 Å². The Morgan fingerprint density at radius 2 is 2.17 bits per heavy atom. The van der Waals surface area contributed by atoms with Gasteiger partial charge < -0.3 is 4.40 Å². The molecular formula is C10H12N2. The molecule has 2 rings (SSSR count). The van der Waals surface area contributed by atoms with Crippen LogP contribution in [0.2, 0.25) is 0 Å². The first-order valence-electron chi connectivity index (χ1n) is 4.19. The van der Waals surface area contributed by atoms with E-state index in [-0.39, 0.29) is 0 Å². The van der Waals surface area contributed by atoms with E-state index in [0.717, 1.165) is 0 Å². The van der Waals surface area contributed by atoms with Gasteiger partial charge in [0.2, 0.25) is 0 Å². The van der Waals surface area contributed by atoms with Crippen molar-refractivity contribution in [3.63, 3.8) is 0 Å². The van der Waals surface area contributed by atoms with E-state index in [9.17, 15) is 0 Å². The Hall–Kier alpha value is -1.31. The van der Waals surface area contributed by atoms with Gasteiger partial charge in [-0.2, -0.15) is 0 Å². The summed E-state index contributed by atoms with van der Waals surface area (Å²) in [5, 5.41) is 0. The monoisotopic (exact) mass is 160 g/mol. The van der Waals surface area contributed by atoms with Crippen molar-refractivity contribution < 1.29 is 0 Å². The van der Waals surface area contributed by atoms with Crippen molar-refractivity contribution in [3.05, 3.63) is 36.4 Å². The average molecular weight is 160 g/mol. The Labute approximate surface area is 71.9 Å². The molecule has 2 aromatic heterocycles. The largest absolute Gasteiger partial charge is 0.308 e. The molecule has 0 radical (unpaired) electrons. The molecule has 2 heteroatoms. The van der Waals surface area contributed by atoms with Crippen LogP contribution in [0.1, 0.15) is 25.3 Å². The van der Waals surface area contributed by atoms with Crippen molar-refractivity contribution >= 4 is 5.52 Å². The van der Waals surface area contributed by atoms with Gasteiger partial charge >= 0.3 is 0 Å². The molecule has 0 unspecified atom stereocenters. The maximum Gasteiger partial charge on any atom is 0.0990 e. The predicted molar refractivity (Wildman–Crippen MR) is 49.3 cm³/mol. The Balaban J connectivity index is 2.70. The molecular weight excluding hydrogens is 148 g/mol. The summed E-state index contributed by atoms with van der Waals surface area (Å²) in [6.45, 7) is 4.41. The SMILES string of the molecule is CC(C)c1ccn2cnccc12. The Bertz CT molecular complexity index is 387. The van der Waals surface area contributed by atoms with Crippen molar-refractivity contribution in [1.29, 1.82) is 0 Å². The molecule has 2 aromatic rings. The van der Waals surface area contributed by atoms with Gasteiger partial charge in [0.25, 0.3) is 0 Å². The maximum absolute atomic E-state index is 4.05. The van der Waals surface area contributed by atoms with Crippen LogP contribution in [-0.4, -0.2) is 9.38 Å². The van der Waals surface area contributed by atoms with E-state index >= 15 is 0 Å². The summed E-state index contributed by atoms with van der Waals surface area (Å²) < 4.78 is 2.05. The second kappa shape index (κ2) is 2.63. The Kier molecular flexibility index (Phi) is 1.61. The van der Waals surface area contributed by atoms with Gasteiger partial charge in [-0.15, -0.1) is 0 Å². The summed E-state index contributed by atoms with van der Waals surface area (Å²) in [6.07, 6.45) is 5.72. The summed E-state index contributed by atoms with van der Waals surface area (Å²) in [5.41, 5.74) is 2.65. The Morgan fingerprint density at radius 1 is 1.33 bits per heavy atom. The van der Waals surface area contributed by atoms with Gasteiger partial charge in [0, 0.05) is 12.4 Å². The van der Waals surface area contributed by atoms with E-state index in [1.165, 1.54) is 11.1 Å². The molecule has 0 bridgehead atoms. The molecule has 0 amide bonds. The third-order valence-corrected chi connectivity index (χ3v) is 2.12. The lowest BCUT2D eigenvalue weighted by molar-refractivity contribution is 0.876. The third-order valence-electron chi connectivity index (χ3n) is 2.12. The number of nitrogens with zero attached hydrogens (tertiary/aromatic N) is 2. The van der Waals surface area contributed by atoms with E-state index in [1.54, 1.807) is 0 Å². The first-order valence-corrected chi connectivity index (χ1v) is 4.19. The highest BCUT2D eigenvalue weighted by Crippen LogP contribution is 2.20. The van der Waals surface area contributed by atoms with Gasteiger partial charge in [-0.05, 0) is 23.6 Å². The minimum absolute atomic E-state index is 0.581. The fourth-order valence-electron chi connectivity index (χ4n) is 1.47. The second-order valence-electron chi connectivity index (χ2n) is 3.30. The van der Waals surface area contributed by atoms with E-state index < -0.39 is 0 Å². The fraction of sp³-hybridized carbons (Fsp3) is 0.300. The van der Waals surface area contributed by atoms with Crippen LogP contribution in [0, 0.1) is 0 Å². The highest BCUT2D eigenvalue weighted by atomic mass is 14.9. The molecule has 0 saturated heterocycles. The minimum Gasteiger partial charge on any atom is -0.308 e. The average Bonchev–Trinajstić information content (AvgIpc) is 2.47. The first kappa shape index (κ1) is 7.35. The topological polar surface area (TPSA) is 17.3 Å². The first-order chi connectivity index (χ1) is 5.79. The molecule has 12 heavy (non-hydrogen) atoms. The van der Waals surface area contributed by atoms with Crippen LogP contribution in [0.3, 0.4) is 0 Å². The zero-order valence-corrected chi connectivity index (χ0v) is 7.36. The molecule has 0 aliphatic carbocycles. The second-order valence-corrected chi connectivity index (χ2v) is 3.30. The molecule has 0 aromatic carbocycles. The van der Waals surface area contributed by atoms with E-state index in [2.05, 4.69) is 41.6 Å². The zero-order valence-electron chi connectivity index (χ0n) is 7.36. The van der Waals surface area contributed by atoms with Gasteiger partial charge in [-0.1, -0.05) is 13.8 Å². The van der Waals surface area contributed by atoms with Crippen molar-refractivity contribution in [2.45, 2.75) is 19.8 Å². The highest BCUT2D eigenvalue weighted by molar-refractivity contribution is 5.55. The maximum atomic E-state index is 4.05. The standard InChI is InChI=1S/C10H12N2/c1-8(2)9-4-6-12-7-11-5-3-10(9)12/h3-8H,1-2H3. The highest BCUT2D eigenvalue weighted by Gasteiger charge is 2.04. The number of fused-ring (bicyclic) bond motifs is 1. The molecule has 62 valence electrons. The van der Waals surface area contributed by atoms with Crippen LogP contribution >= 0.6 is 0 Å². The van der Waals surface area contributed by atoms with Crippen molar-refractivity contribution in [1.82, 2.24) is 9.38 Å². The summed E-state index contributed by atoms with van der Waals surface area (Å²) in [5.74, 6) is 0.581. The quantitative estimate of drug-likeness (QED) is 0.626. The lowest BCUT2D eigenvalue weighted by Crippen LogP contribution is -1.87. The molecule has 0 saturated carbocycles. The number of hydrogen-bond donors (Lipinski definition) is 0. The van der Waals surface area contributed by atoms with E-state index in [4.69, 9.17) is 0 Å². The Morgan fingerprint density at radius 3 is 2.92 bits per heavy atom. The third kappa shape index (κ3) is 0.998. The molecule has 0 spiro atoms. The summed E-state index contributed by atoms with van der Waals surface area (Å²) in [4.78, 5) is 4.05. The molecule has 2 heterocycles. The predicted octanol–water partition coefficient (Wildman–Crippen LogP) is 2.46. The fourth-order valence-corrected chi connectivity index (χ4v) is 1.47. The smallest absolute Gasteiger partial charge is 0.0990 e. The zero-order chi connectivity index (χ0) is 8.55. The molecule has 0 fully saturated rings. The molecule has 0 N–H and O–H groups in total. The van der Waals surface area contributed by atoms with Crippen LogP contribution in [0.5, 0.6) is 0 Å². The lowest BCUT2D eigenvalue weighted by Gasteiger charge is -2.01. The van der Waals surface area contributed by atoms with Crippen molar-refractivity contribution in [2.24, 2.45) is 0 Å². The van der Waals surface area contributed by atoms with Gasteiger partial charge in [0.05, 0.1) is 11.8 Å². The normalized spacial score (nSPS) is 11.2.